The second-order valence-electron chi connectivity index (χ2n) is 5.81. The third-order valence-electron chi connectivity index (χ3n) is 3.21. The van der Waals surface area contributed by atoms with Gasteiger partial charge in [-0.3, -0.25) is 0 Å². The van der Waals surface area contributed by atoms with Crippen molar-refractivity contribution >= 4 is 0 Å². The Hall–Kier alpha value is -2.87. The maximum Gasteiger partial charge on any atom is 0.573 e. The fourth-order valence-electron chi connectivity index (χ4n) is 2.26. The van der Waals surface area contributed by atoms with Crippen molar-refractivity contribution in [3.63, 3.8) is 0 Å². The van der Waals surface area contributed by atoms with Crippen molar-refractivity contribution in [1.29, 1.82) is 0 Å². The van der Waals surface area contributed by atoms with Gasteiger partial charge in [0.1, 0.15) is 0 Å². The molecular formula is C14H8F15NO5. The van der Waals surface area contributed by atoms with Crippen molar-refractivity contribution < 1.29 is 89.5 Å². The minimum Gasteiger partial charge on any atom is -0.401 e. The van der Waals surface area contributed by atoms with Crippen LogP contribution in [0.1, 0.15) is 24.9 Å². The van der Waals surface area contributed by atoms with Gasteiger partial charge >= 0.3 is 31.8 Å². The zero-order valence-electron chi connectivity index (χ0n) is 16.1. The first-order chi connectivity index (χ1) is 15.3. The summed E-state index contributed by atoms with van der Waals surface area (Å²) in [6.45, 7) is 0.855. The molecule has 0 aliphatic carbocycles. The minimum atomic E-state index is -6.34. The van der Waals surface area contributed by atoms with E-state index in [0.29, 0.717) is 0 Å². The molecule has 0 spiro atoms. The van der Waals surface area contributed by atoms with Gasteiger partial charge in [0.05, 0.1) is 5.56 Å². The number of hydrogen-bond donors (Lipinski definition) is 1. The second-order valence-corrected chi connectivity index (χ2v) is 5.81. The molecular weight excluding hydrogens is 547 g/mol. The SMILES string of the molecule is CCC(N)c1c(OC(F)(F)F)c(OC(F)(F)F)c(OC(F)(F)F)c(OC(F)(F)F)c1OC(F)(F)F. The van der Waals surface area contributed by atoms with E-state index in [-0.39, 0.29) is 0 Å². The Kier molecular flexibility index (Phi) is 8.31. The Morgan fingerprint density at radius 1 is 0.486 bits per heavy atom. The second kappa shape index (κ2) is 9.64. The zero-order chi connectivity index (χ0) is 27.8. The lowest BCUT2D eigenvalue weighted by Gasteiger charge is -2.28. The lowest BCUT2D eigenvalue weighted by atomic mass is 10.0. The summed E-state index contributed by atoms with van der Waals surface area (Å²) in [5, 5.41) is 0. The molecule has 0 saturated heterocycles. The summed E-state index contributed by atoms with van der Waals surface area (Å²) in [6.07, 6.45) is -32.1. The van der Waals surface area contributed by atoms with Gasteiger partial charge in [-0.25, -0.2) is 0 Å². The Labute approximate surface area is 182 Å². The first-order valence-electron chi connectivity index (χ1n) is 8.11. The molecule has 1 rings (SSSR count). The summed E-state index contributed by atoms with van der Waals surface area (Å²) in [5.74, 6) is -14.4. The fraction of sp³-hybridized carbons (Fsp3) is 0.571. The number of nitrogens with two attached hydrogens (primary N) is 1. The van der Waals surface area contributed by atoms with Crippen molar-refractivity contribution in [3.05, 3.63) is 5.56 Å². The topological polar surface area (TPSA) is 72.2 Å². The number of rotatable bonds is 7. The largest absolute Gasteiger partial charge is 0.573 e. The van der Waals surface area contributed by atoms with Crippen molar-refractivity contribution in [2.24, 2.45) is 5.73 Å². The number of alkyl halides is 15. The average molecular weight is 555 g/mol. The van der Waals surface area contributed by atoms with E-state index in [1.807, 2.05) is 0 Å². The van der Waals surface area contributed by atoms with Gasteiger partial charge in [0.25, 0.3) is 0 Å². The van der Waals surface area contributed by atoms with Crippen LogP contribution in [0.3, 0.4) is 0 Å². The highest BCUT2D eigenvalue weighted by Gasteiger charge is 2.49. The lowest BCUT2D eigenvalue weighted by molar-refractivity contribution is -0.300. The molecule has 1 aromatic carbocycles. The van der Waals surface area contributed by atoms with Crippen molar-refractivity contribution in [1.82, 2.24) is 0 Å². The summed E-state index contributed by atoms with van der Waals surface area (Å²) in [7, 11) is 0. The van der Waals surface area contributed by atoms with Gasteiger partial charge in [-0.05, 0) is 6.42 Å². The monoisotopic (exact) mass is 555 g/mol. The maximum atomic E-state index is 12.9. The van der Waals surface area contributed by atoms with Crippen LogP contribution in [-0.2, 0) is 0 Å². The summed E-state index contributed by atoms with van der Waals surface area (Å²) >= 11 is 0. The van der Waals surface area contributed by atoms with Gasteiger partial charge in [0.2, 0.25) is 17.2 Å². The van der Waals surface area contributed by atoms with Crippen molar-refractivity contribution in [2.75, 3.05) is 0 Å². The molecule has 0 heterocycles. The highest BCUT2D eigenvalue weighted by atomic mass is 19.4. The molecule has 0 bridgehead atoms. The molecule has 1 atom stereocenters. The smallest absolute Gasteiger partial charge is 0.401 e. The van der Waals surface area contributed by atoms with E-state index in [2.05, 4.69) is 23.7 Å². The van der Waals surface area contributed by atoms with Crippen LogP contribution in [-0.4, -0.2) is 31.8 Å². The predicted molar refractivity (Wildman–Crippen MR) is 77.1 cm³/mol. The van der Waals surface area contributed by atoms with E-state index in [0.717, 1.165) is 6.92 Å². The van der Waals surface area contributed by atoms with Gasteiger partial charge in [0, 0.05) is 6.04 Å². The van der Waals surface area contributed by atoms with E-state index in [1.165, 1.54) is 0 Å². The summed E-state index contributed by atoms with van der Waals surface area (Å²) in [4.78, 5) is 0. The maximum absolute atomic E-state index is 12.9. The molecule has 1 unspecified atom stereocenters. The van der Waals surface area contributed by atoms with Crippen LogP contribution in [0.4, 0.5) is 65.9 Å². The molecule has 204 valence electrons. The lowest BCUT2D eigenvalue weighted by Crippen LogP contribution is -2.29. The Morgan fingerprint density at radius 3 is 0.886 bits per heavy atom. The first kappa shape index (κ1) is 30.2. The number of ether oxygens (including phenoxy) is 5. The molecule has 21 heteroatoms. The molecule has 35 heavy (non-hydrogen) atoms. The van der Waals surface area contributed by atoms with Crippen LogP contribution < -0.4 is 29.4 Å². The molecule has 0 radical (unpaired) electrons. The Balaban J connectivity index is 4.43. The van der Waals surface area contributed by atoms with Crippen LogP contribution >= 0.6 is 0 Å². The number of hydrogen-bond acceptors (Lipinski definition) is 6. The zero-order valence-corrected chi connectivity index (χ0v) is 16.1. The third kappa shape index (κ3) is 9.72. The molecule has 0 aromatic heterocycles. The summed E-state index contributed by atoms with van der Waals surface area (Å²) in [6, 6.07) is -2.39. The van der Waals surface area contributed by atoms with E-state index in [4.69, 9.17) is 5.73 Å². The van der Waals surface area contributed by atoms with Gasteiger partial charge in [-0.2, -0.15) is 0 Å². The van der Waals surface area contributed by atoms with E-state index in [9.17, 15) is 65.9 Å². The quantitative estimate of drug-likeness (QED) is 0.383. The summed E-state index contributed by atoms with van der Waals surface area (Å²) < 4.78 is 207. The van der Waals surface area contributed by atoms with Gasteiger partial charge in [-0.1, -0.05) is 6.92 Å². The minimum absolute atomic E-state index is 0.848. The van der Waals surface area contributed by atoms with Crippen LogP contribution in [0.2, 0.25) is 0 Å². The average Bonchev–Trinajstić information content (AvgIpc) is 2.55. The van der Waals surface area contributed by atoms with Crippen molar-refractivity contribution in [2.45, 2.75) is 51.2 Å². The molecule has 6 nitrogen and oxygen atoms in total. The standard InChI is InChI=1S/C14H8F15NO5/c1-2-3(30)4-5(31-10(15,16)17)7(33-12(21,22)23)9(35-14(27,28)29)8(34-13(24,25)26)6(4)32-11(18,19)20/h3H,2,30H2,1H3. The third-order valence-corrected chi connectivity index (χ3v) is 3.21. The highest BCUT2D eigenvalue weighted by Crippen LogP contribution is 2.60. The number of halogens is 15. The highest BCUT2D eigenvalue weighted by molar-refractivity contribution is 5.71. The predicted octanol–water partition coefficient (Wildman–Crippen LogP) is 6.59. The van der Waals surface area contributed by atoms with Crippen LogP contribution in [0.5, 0.6) is 28.7 Å². The van der Waals surface area contributed by atoms with Gasteiger partial charge < -0.3 is 29.4 Å². The molecule has 0 amide bonds. The molecule has 0 fully saturated rings. The van der Waals surface area contributed by atoms with Gasteiger partial charge in [0.15, 0.2) is 11.5 Å². The van der Waals surface area contributed by atoms with Crippen LogP contribution in [0, 0.1) is 0 Å². The molecule has 0 aliphatic rings. The Morgan fingerprint density at radius 2 is 0.686 bits per heavy atom. The van der Waals surface area contributed by atoms with Crippen molar-refractivity contribution in [3.8, 4) is 28.7 Å². The molecule has 2 N–H and O–H groups in total. The van der Waals surface area contributed by atoms with E-state index in [1.54, 1.807) is 0 Å². The van der Waals surface area contributed by atoms with Crippen LogP contribution in [0.25, 0.3) is 0 Å². The fourth-order valence-corrected chi connectivity index (χ4v) is 2.26. The summed E-state index contributed by atoms with van der Waals surface area (Å²) in [5.41, 5.74) is 3.16. The Bertz CT molecular complexity index is 828. The first-order valence-corrected chi connectivity index (χ1v) is 8.11. The molecule has 0 aliphatic heterocycles. The molecule has 1 aromatic rings. The van der Waals surface area contributed by atoms with E-state index >= 15 is 0 Å². The van der Waals surface area contributed by atoms with Gasteiger partial charge in [-0.15, -0.1) is 65.9 Å². The van der Waals surface area contributed by atoms with E-state index < -0.39 is 78.6 Å². The van der Waals surface area contributed by atoms with Crippen LogP contribution in [0.15, 0.2) is 0 Å². The number of benzene rings is 1. The molecule has 0 saturated carbocycles. The normalized spacial score (nSPS) is 14.4.